The van der Waals surface area contributed by atoms with Crippen molar-refractivity contribution < 1.29 is 18.7 Å². The largest absolute Gasteiger partial charge is 0.502 e. The summed E-state index contributed by atoms with van der Waals surface area (Å²) < 4.78 is 30.7. The fourth-order valence-electron chi connectivity index (χ4n) is 5.25. The Morgan fingerprint density at radius 2 is 1.82 bits per heavy atom. The van der Waals surface area contributed by atoms with Crippen LogP contribution in [0, 0.1) is 11.6 Å². The summed E-state index contributed by atoms with van der Waals surface area (Å²) >= 11 is 1.42. The molecule has 6 rings (SSSR count). The van der Waals surface area contributed by atoms with Gasteiger partial charge in [0.05, 0.1) is 6.20 Å². The quantitative estimate of drug-likeness (QED) is 0.571. The fourth-order valence-corrected chi connectivity index (χ4v) is 6.38. The zero-order valence-corrected chi connectivity index (χ0v) is 18.8. The van der Waals surface area contributed by atoms with Gasteiger partial charge in [-0.25, -0.2) is 13.5 Å². The number of fused-ring (bicyclic) bond motifs is 4. The van der Waals surface area contributed by atoms with E-state index in [-0.39, 0.29) is 17.0 Å². The number of carbonyl (C=O) groups is 1. The van der Waals surface area contributed by atoms with Crippen LogP contribution in [0.25, 0.3) is 0 Å². The van der Waals surface area contributed by atoms with Crippen molar-refractivity contribution in [3.63, 3.8) is 0 Å². The minimum atomic E-state index is -0.915. The van der Waals surface area contributed by atoms with Crippen LogP contribution in [-0.4, -0.2) is 43.9 Å². The topological polar surface area (TPSA) is 78.7 Å². The van der Waals surface area contributed by atoms with Crippen LogP contribution in [0.3, 0.4) is 0 Å². The summed E-state index contributed by atoms with van der Waals surface area (Å²) in [7, 11) is 0. The number of thioether (sulfide) groups is 1. The molecule has 34 heavy (non-hydrogen) atoms. The third-order valence-electron chi connectivity index (χ3n) is 6.79. The van der Waals surface area contributed by atoms with E-state index < -0.39 is 40.8 Å². The lowest BCUT2D eigenvalue weighted by Gasteiger charge is -2.49. The highest BCUT2D eigenvalue weighted by molar-refractivity contribution is 7.98. The number of nitrogens with zero attached hydrogens (tertiary/aromatic N) is 4. The molecule has 1 fully saturated rings. The Labute approximate surface area is 197 Å². The predicted molar refractivity (Wildman–Crippen MR) is 120 cm³/mol. The zero-order chi connectivity index (χ0) is 23.6. The minimum absolute atomic E-state index is 0.186. The molecule has 0 radical (unpaired) electrons. The Bertz CT molecular complexity index is 1400. The number of halogens is 2. The van der Waals surface area contributed by atoms with Gasteiger partial charge in [-0.05, 0) is 36.1 Å². The molecule has 0 spiro atoms. The number of carbonyl (C=O) groups excluding carboxylic acids is 1. The monoisotopic (exact) mass is 482 g/mol. The normalized spacial score (nSPS) is 21.8. The Morgan fingerprint density at radius 3 is 2.68 bits per heavy atom. The molecule has 3 aliphatic rings. The van der Waals surface area contributed by atoms with Crippen molar-refractivity contribution in [3.8, 4) is 5.75 Å². The molecule has 1 N–H and O–H groups in total. The molecule has 2 unspecified atom stereocenters. The fraction of sp³-hybridized carbons (Fsp3) is 0.292. The van der Waals surface area contributed by atoms with Gasteiger partial charge in [0.25, 0.3) is 5.91 Å². The van der Waals surface area contributed by atoms with E-state index in [9.17, 15) is 19.1 Å². The van der Waals surface area contributed by atoms with Crippen LogP contribution in [0.15, 0.2) is 52.3 Å². The van der Waals surface area contributed by atoms with Crippen LogP contribution in [0.4, 0.5) is 8.78 Å². The molecule has 4 heterocycles. The van der Waals surface area contributed by atoms with Gasteiger partial charge in [-0.2, -0.15) is 10.1 Å². The maximum Gasteiger partial charge on any atom is 0.290 e. The molecule has 2 atom stereocenters. The van der Waals surface area contributed by atoms with Crippen molar-refractivity contribution in [3.05, 3.63) is 86.8 Å². The lowest BCUT2D eigenvalue weighted by molar-refractivity contribution is -0.104. The van der Waals surface area contributed by atoms with Crippen molar-refractivity contribution >= 4 is 17.7 Å². The van der Waals surface area contributed by atoms with Crippen LogP contribution in [-0.2, 0) is 5.75 Å². The molecule has 0 saturated carbocycles. The van der Waals surface area contributed by atoms with Gasteiger partial charge < -0.3 is 5.11 Å². The predicted octanol–water partition coefficient (Wildman–Crippen LogP) is 3.63. The molecule has 2 aromatic carbocycles. The summed E-state index contributed by atoms with van der Waals surface area (Å²) in [4.78, 5) is 26.4. The molecule has 3 aliphatic heterocycles. The first-order chi connectivity index (χ1) is 16.5. The van der Waals surface area contributed by atoms with E-state index in [1.54, 1.807) is 11.1 Å². The van der Waals surface area contributed by atoms with Crippen molar-refractivity contribution in [2.45, 2.75) is 35.6 Å². The smallest absolute Gasteiger partial charge is 0.290 e. The van der Waals surface area contributed by atoms with Crippen molar-refractivity contribution in [2.24, 2.45) is 0 Å². The standard InChI is InChI=1S/C24H20F2N4O3S/c25-16-8-7-13-15(20(16)26)12-34-18-6-2-1-5-14(18)19(13)23-28-9-3-4-10-29(28)24(33)21-22(32)17(31)11-27-30(21)23/h1-2,5-8,11,19,23,32H,3-4,9-10,12H2. The van der Waals surface area contributed by atoms with Gasteiger partial charge in [0.15, 0.2) is 23.1 Å². The number of hydrogen-bond acceptors (Lipinski definition) is 6. The van der Waals surface area contributed by atoms with Gasteiger partial charge in [0.1, 0.15) is 6.17 Å². The van der Waals surface area contributed by atoms with Crippen molar-refractivity contribution in [2.75, 3.05) is 13.1 Å². The summed E-state index contributed by atoms with van der Waals surface area (Å²) in [6.07, 6.45) is 1.91. The maximum absolute atomic E-state index is 15.1. The molecule has 174 valence electrons. The SMILES string of the molecule is O=C1c2c(O)c(=O)cnn2C(C2c3ccccc3SCc3c2ccc(F)c3F)N2CCCCN12. The summed E-state index contributed by atoms with van der Waals surface area (Å²) in [6.45, 7) is 0.959. The molecule has 1 saturated heterocycles. The second kappa shape index (κ2) is 7.92. The highest BCUT2D eigenvalue weighted by Gasteiger charge is 2.47. The molecule has 1 aromatic heterocycles. The van der Waals surface area contributed by atoms with E-state index >= 15 is 4.39 Å². The van der Waals surface area contributed by atoms with Gasteiger partial charge in [-0.1, -0.05) is 24.3 Å². The number of hydrazine groups is 1. The average molecular weight is 483 g/mol. The van der Waals surface area contributed by atoms with Crippen LogP contribution in [0.2, 0.25) is 0 Å². The lowest BCUT2D eigenvalue weighted by Crippen LogP contribution is -2.59. The number of rotatable bonds is 1. The Kier molecular flexibility index (Phi) is 4.96. The van der Waals surface area contributed by atoms with Gasteiger partial charge in [0, 0.05) is 35.2 Å². The molecule has 10 heteroatoms. The van der Waals surface area contributed by atoms with Crippen molar-refractivity contribution in [1.29, 1.82) is 0 Å². The lowest BCUT2D eigenvalue weighted by atomic mass is 9.84. The summed E-state index contributed by atoms with van der Waals surface area (Å²) in [5.74, 6) is -3.25. The van der Waals surface area contributed by atoms with E-state index in [4.69, 9.17) is 0 Å². The number of aromatic hydroxyl groups is 1. The molecule has 3 aromatic rings. The Morgan fingerprint density at radius 1 is 1.03 bits per heavy atom. The first-order valence-electron chi connectivity index (χ1n) is 11.0. The third-order valence-corrected chi connectivity index (χ3v) is 7.90. The molecule has 7 nitrogen and oxygen atoms in total. The summed E-state index contributed by atoms with van der Waals surface area (Å²) in [6, 6.07) is 10.4. The first kappa shape index (κ1) is 21.3. The number of hydrogen-bond donors (Lipinski definition) is 1. The van der Waals surface area contributed by atoms with Crippen LogP contribution < -0.4 is 5.43 Å². The van der Waals surface area contributed by atoms with Gasteiger partial charge in [-0.3, -0.25) is 14.6 Å². The zero-order valence-electron chi connectivity index (χ0n) is 17.9. The summed E-state index contributed by atoms with van der Waals surface area (Å²) in [5, 5.41) is 18.3. The van der Waals surface area contributed by atoms with E-state index in [2.05, 4.69) is 5.10 Å². The Hall–Kier alpha value is -3.24. The van der Waals surface area contributed by atoms with Gasteiger partial charge in [0.2, 0.25) is 5.43 Å². The van der Waals surface area contributed by atoms with Gasteiger partial charge >= 0.3 is 0 Å². The van der Waals surface area contributed by atoms with E-state index in [0.717, 1.165) is 35.6 Å². The number of amides is 1. The van der Waals surface area contributed by atoms with E-state index in [1.165, 1.54) is 16.4 Å². The van der Waals surface area contributed by atoms with Crippen LogP contribution >= 0.6 is 11.8 Å². The van der Waals surface area contributed by atoms with E-state index in [0.29, 0.717) is 18.7 Å². The van der Waals surface area contributed by atoms with E-state index in [1.807, 2.05) is 29.3 Å². The number of aromatic nitrogens is 2. The van der Waals surface area contributed by atoms with Crippen LogP contribution in [0.5, 0.6) is 5.75 Å². The maximum atomic E-state index is 15.1. The number of benzene rings is 2. The molecule has 0 bridgehead atoms. The highest BCUT2D eigenvalue weighted by atomic mass is 32.2. The molecular weight excluding hydrogens is 462 g/mol. The second-order valence-electron chi connectivity index (χ2n) is 8.60. The first-order valence-corrected chi connectivity index (χ1v) is 12.0. The van der Waals surface area contributed by atoms with Crippen LogP contribution in [0.1, 0.15) is 52.1 Å². The van der Waals surface area contributed by atoms with Gasteiger partial charge in [-0.15, -0.1) is 11.8 Å². The average Bonchev–Trinajstić information content (AvgIpc) is 3.01. The minimum Gasteiger partial charge on any atom is -0.502 e. The Balaban J connectivity index is 1.67. The molecule has 1 amide bonds. The van der Waals surface area contributed by atoms with Crippen molar-refractivity contribution in [1.82, 2.24) is 19.8 Å². The molecule has 0 aliphatic carbocycles. The summed E-state index contributed by atoms with van der Waals surface area (Å²) in [5.41, 5.74) is 0.807. The second-order valence-corrected chi connectivity index (χ2v) is 9.61. The molecular formula is C24H20F2N4O3S. The third kappa shape index (κ3) is 3.01. The highest BCUT2D eigenvalue weighted by Crippen LogP contribution is 2.49.